The lowest BCUT2D eigenvalue weighted by atomic mass is 10.0. The quantitative estimate of drug-likeness (QED) is 0.211. The number of guanidine groups is 1. The van der Waals surface area contributed by atoms with Gasteiger partial charge in [0.05, 0.1) is 12.8 Å². The Morgan fingerprint density at radius 2 is 2.19 bits per heavy atom. The fourth-order valence-corrected chi connectivity index (χ4v) is 3.14. The Kier molecular flexibility index (Phi) is 11.3. The predicted octanol–water partition coefficient (Wildman–Crippen LogP) is 2.16. The first-order valence-corrected chi connectivity index (χ1v) is 9.57. The molecule has 8 heteroatoms. The number of hydrogen-bond donors (Lipinski definition) is 3. The van der Waals surface area contributed by atoms with E-state index in [0.717, 1.165) is 58.0 Å². The first-order valence-electron chi connectivity index (χ1n) is 9.57. The molecule has 7 nitrogen and oxygen atoms in total. The number of nitrogens with one attached hydrogen (secondary N) is 2. The summed E-state index contributed by atoms with van der Waals surface area (Å²) in [6, 6.07) is 3.95. The van der Waals surface area contributed by atoms with Crippen LogP contribution in [0.5, 0.6) is 0 Å². The molecule has 0 aromatic carbocycles. The van der Waals surface area contributed by atoms with E-state index in [1.54, 1.807) is 32.4 Å². The van der Waals surface area contributed by atoms with Crippen LogP contribution in [0.1, 0.15) is 38.9 Å². The molecule has 27 heavy (non-hydrogen) atoms. The van der Waals surface area contributed by atoms with E-state index >= 15 is 0 Å². The van der Waals surface area contributed by atoms with E-state index < -0.39 is 5.60 Å². The maximum atomic E-state index is 10.6. The summed E-state index contributed by atoms with van der Waals surface area (Å²) in [5.41, 5.74) is -1.11. The van der Waals surface area contributed by atoms with Gasteiger partial charge in [-0.25, -0.2) is 4.99 Å². The van der Waals surface area contributed by atoms with Gasteiger partial charge in [-0.15, -0.1) is 24.0 Å². The van der Waals surface area contributed by atoms with Crippen LogP contribution >= 0.6 is 24.0 Å². The molecule has 0 saturated carbocycles. The molecular weight excluding hydrogens is 459 g/mol. The van der Waals surface area contributed by atoms with E-state index in [1.807, 2.05) is 6.92 Å². The molecule has 1 saturated heterocycles. The summed E-state index contributed by atoms with van der Waals surface area (Å²) in [5, 5.41) is 17.3. The summed E-state index contributed by atoms with van der Waals surface area (Å²) in [6.45, 7) is 8.88. The molecule has 0 radical (unpaired) electrons. The zero-order chi connectivity index (χ0) is 18.8. The van der Waals surface area contributed by atoms with Crippen molar-refractivity contribution in [2.75, 3.05) is 46.4 Å². The molecule has 1 aliphatic heterocycles. The van der Waals surface area contributed by atoms with Gasteiger partial charge in [-0.05, 0) is 45.2 Å². The summed E-state index contributed by atoms with van der Waals surface area (Å²) >= 11 is 0. The number of ether oxygens (including phenoxy) is 1. The van der Waals surface area contributed by atoms with Crippen molar-refractivity contribution in [3.8, 4) is 0 Å². The van der Waals surface area contributed by atoms with Crippen LogP contribution in [0.4, 0.5) is 0 Å². The minimum absolute atomic E-state index is 0. The maximum Gasteiger partial charge on any atom is 0.191 e. The van der Waals surface area contributed by atoms with E-state index in [2.05, 4.69) is 20.5 Å². The van der Waals surface area contributed by atoms with Crippen LogP contribution in [0.15, 0.2) is 27.8 Å². The number of methoxy groups -OCH3 is 1. The number of likely N-dealkylation sites (tertiary alicyclic amines) is 1. The molecule has 0 spiro atoms. The lowest BCUT2D eigenvalue weighted by Gasteiger charge is -2.33. The third kappa shape index (κ3) is 8.37. The average molecular weight is 494 g/mol. The van der Waals surface area contributed by atoms with Gasteiger partial charge in [-0.3, -0.25) is 0 Å². The lowest BCUT2D eigenvalue weighted by molar-refractivity contribution is 0.0436. The number of aliphatic imine (C=N–C) groups is 1. The molecule has 2 rings (SSSR count). The van der Waals surface area contributed by atoms with Crippen molar-refractivity contribution >= 4 is 29.9 Å². The van der Waals surface area contributed by atoms with Crippen molar-refractivity contribution in [3.63, 3.8) is 0 Å². The van der Waals surface area contributed by atoms with Crippen molar-refractivity contribution < 1.29 is 14.3 Å². The van der Waals surface area contributed by atoms with Crippen LogP contribution < -0.4 is 10.6 Å². The summed E-state index contributed by atoms with van der Waals surface area (Å²) in [5.74, 6) is 1.28. The van der Waals surface area contributed by atoms with Crippen LogP contribution in [0, 0.1) is 0 Å². The van der Waals surface area contributed by atoms with E-state index in [9.17, 15) is 5.11 Å². The lowest BCUT2D eigenvalue weighted by Crippen LogP contribution is -2.49. The topological polar surface area (TPSA) is 82.3 Å². The second kappa shape index (κ2) is 12.6. The Morgan fingerprint density at radius 1 is 1.44 bits per heavy atom. The molecule has 1 aliphatic rings. The minimum atomic E-state index is -1.11. The van der Waals surface area contributed by atoms with Crippen LogP contribution in [0.25, 0.3) is 0 Å². The number of rotatable bonds is 9. The fraction of sp³-hybridized carbons (Fsp3) is 0.737. The Morgan fingerprint density at radius 3 is 2.78 bits per heavy atom. The highest BCUT2D eigenvalue weighted by Crippen LogP contribution is 2.21. The highest BCUT2D eigenvalue weighted by Gasteiger charge is 2.26. The molecule has 2 heterocycles. The van der Waals surface area contributed by atoms with Gasteiger partial charge in [-0.2, -0.15) is 0 Å². The number of nitrogens with zero attached hydrogens (tertiary/aromatic N) is 2. The molecule has 1 aromatic heterocycles. The largest absolute Gasteiger partial charge is 0.466 e. The summed E-state index contributed by atoms with van der Waals surface area (Å²) in [7, 11) is 1.75. The molecule has 0 amide bonds. The van der Waals surface area contributed by atoms with Crippen molar-refractivity contribution in [1.82, 2.24) is 15.5 Å². The van der Waals surface area contributed by atoms with E-state index in [0.29, 0.717) is 11.8 Å². The number of furan rings is 1. The van der Waals surface area contributed by atoms with E-state index in [1.165, 1.54) is 0 Å². The van der Waals surface area contributed by atoms with Gasteiger partial charge in [0.25, 0.3) is 0 Å². The highest BCUT2D eigenvalue weighted by atomic mass is 127. The third-order valence-corrected chi connectivity index (χ3v) is 4.69. The number of hydrogen-bond acceptors (Lipinski definition) is 5. The molecule has 1 unspecified atom stereocenters. The number of halogens is 1. The molecule has 3 N–H and O–H groups in total. The van der Waals surface area contributed by atoms with Crippen molar-refractivity contribution in [3.05, 3.63) is 24.2 Å². The third-order valence-electron chi connectivity index (χ3n) is 4.69. The van der Waals surface area contributed by atoms with E-state index in [4.69, 9.17) is 9.15 Å². The minimum Gasteiger partial charge on any atom is -0.466 e. The van der Waals surface area contributed by atoms with Crippen LogP contribution in [0.3, 0.4) is 0 Å². The summed E-state index contributed by atoms with van der Waals surface area (Å²) < 4.78 is 10.4. The molecule has 1 fully saturated rings. The molecular formula is C19H35IN4O3. The Hall–Kier alpha value is -0.840. The smallest absolute Gasteiger partial charge is 0.191 e. The monoisotopic (exact) mass is 494 g/mol. The molecule has 1 atom stereocenters. The average Bonchev–Trinajstić information content (AvgIpc) is 3.17. The zero-order valence-corrected chi connectivity index (χ0v) is 19.1. The SMILES string of the molecule is CCNC(=NCC(C)(O)c1ccco1)NC1CCN(CCCOC)CC1.I. The number of piperidine rings is 1. The predicted molar refractivity (Wildman–Crippen MR) is 119 cm³/mol. The summed E-state index contributed by atoms with van der Waals surface area (Å²) in [4.78, 5) is 7.06. The standard InChI is InChI=1S/C19H34N4O3.HI/c1-4-20-18(21-15-19(2,24)17-7-5-14-26-17)22-16-8-11-23(12-9-16)10-6-13-25-3;/h5,7,14,16,24H,4,6,8-13,15H2,1-3H3,(H2,20,21,22);1H. The van der Waals surface area contributed by atoms with Gasteiger partial charge in [-0.1, -0.05) is 0 Å². The fourth-order valence-electron chi connectivity index (χ4n) is 3.14. The first-order chi connectivity index (χ1) is 12.5. The van der Waals surface area contributed by atoms with Crippen LogP contribution in [-0.4, -0.2) is 68.4 Å². The van der Waals surface area contributed by atoms with Gasteiger partial charge in [0.2, 0.25) is 0 Å². The second-order valence-electron chi connectivity index (χ2n) is 7.05. The zero-order valence-electron chi connectivity index (χ0n) is 16.7. The van der Waals surface area contributed by atoms with Crippen LogP contribution in [-0.2, 0) is 10.3 Å². The van der Waals surface area contributed by atoms with Crippen molar-refractivity contribution in [1.29, 1.82) is 0 Å². The molecule has 0 bridgehead atoms. The molecule has 156 valence electrons. The van der Waals surface area contributed by atoms with Gasteiger partial charge in [0, 0.05) is 45.9 Å². The van der Waals surface area contributed by atoms with Gasteiger partial charge < -0.3 is 29.8 Å². The maximum absolute atomic E-state index is 10.6. The first kappa shape index (κ1) is 24.2. The van der Waals surface area contributed by atoms with E-state index in [-0.39, 0.29) is 30.5 Å². The number of aliphatic hydroxyl groups is 1. The Labute approximate surface area is 180 Å². The van der Waals surface area contributed by atoms with Crippen molar-refractivity contribution in [2.24, 2.45) is 4.99 Å². The summed E-state index contributed by atoms with van der Waals surface area (Å²) in [6.07, 6.45) is 4.83. The highest BCUT2D eigenvalue weighted by molar-refractivity contribution is 14.0. The molecule has 0 aliphatic carbocycles. The normalized spacial score (nSPS) is 18.6. The second-order valence-corrected chi connectivity index (χ2v) is 7.05. The van der Waals surface area contributed by atoms with Crippen LogP contribution in [0.2, 0.25) is 0 Å². The Balaban J connectivity index is 0.00000364. The van der Waals surface area contributed by atoms with Gasteiger partial charge in [0.1, 0.15) is 11.4 Å². The van der Waals surface area contributed by atoms with Gasteiger partial charge in [0.15, 0.2) is 5.96 Å². The van der Waals surface area contributed by atoms with Crippen molar-refractivity contribution in [2.45, 2.75) is 44.8 Å². The Bertz CT molecular complexity index is 529. The molecule has 1 aromatic rings. The van der Waals surface area contributed by atoms with Gasteiger partial charge >= 0.3 is 0 Å².